The van der Waals surface area contributed by atoms with Crippen LogP contribution in [0.15, 0.2) is 12.1 Å². The van der Waals surface area contributed by atoms with Crippen molar-refractivity contribution in [2.75, 3.05) is 0 Å². The van der Waals surface area contributed by atoms with Crippen LogP contribution >= 0.6 is 0 Å². The summed E-state index contributed by atoms with van der Waals surface area (Å²) in [5.41, 5.74) is 3.54. The smallest absolute Gasteiger partial charge is 0.122 e. The second-order valence-corrected chi connectivity index (χ2v) is 5.67. The molecule has 0 spiro atoms. The summed E-state index contributed by atoms with van der Waals surface area (Å²) >= 11 is 0. The zero-order chi connectivity index (χ0) is 13.2. The molecule has 96 valence electrons. The van der Waals surface area contributed by atoms with E-state index in [0.29, 0.717) is 23.5 Å². The average molecular weight is 234 g/mol. The van der Waals surface area contributed by atoms with Crippen molar-refractivity contribution in [2.45, 2.75) is 65.7 Å². The van der Waals surface area contributed by atoms with Gasteiger partial charge >= 0.3 is 0 Å². The molecule has 0 bridgehead atoms. The minimum atomic E-state index is 0.372. The maximum Gasteiger partial charge on any atom is 0.122 e. The van der Waals surface area contributed by atoms with Crippen molar-refractivity contribution >= 4 is 0 Å². The van der Waals surface area contributed by atoms with Gasteiger partial charge in [-0.1, -0.05) is 53.7 Å². The van der Waals surface area contributed by atoms with Crippen LogP contribution < -0.4 is 0 Å². The van der Waals surface area contributed by atoms with Gasteiger partial charge in [0.05, 0.1) is 0 Å². The Balaban J connectivity index is 3.36. The summed E-state index contributed by atoms with van der Waals surface area (Å²) in [7, 11) is 0. The molecule has 0 fully saturated rings. The zero-order valence-electron chi connectivity index (χ0n) is 12.0. The van der Waals surface area contributed by atoms with Crippen molar-refractivity contribution in [3.8, 4) is 5.75 Å². The highest BCUT2D eigenvalue weighted by atomic mass is 16.3. The number of hydrogen-bond acceptors (Lipinski definition) is 1. The van der Waals surface area contributed by atoms with Crippen molar-refractivity contribution in [3.63, 3.8) is 0 Å². The van der Waals surface area contributed by atoms with Crippen LogP contribution in [0.2, 0.25) is 0 Å². The van der Waals surface area contributed by atoms with Crippen molar-refractivity contribution in [2.24, 2.45) is 0 Å². The number of phenols is 1. The van der Waals surface area contributed by atoms with E-state index in [0.717, 1.165) is 17.5 Å². The van der Waals surface area contributed by atoms with Gasteiger partial charge in [0.25, 0.3) is 0 Å². The molecule has 1 rings (SSSR count). The van der Waals surface area contributed by atoms with Gasteiger partial charge in [-0.25, -0.2) is 0 Å². The molecule has 0 radical (unpaired) electrons. The maximum absolute atomic E-state index is 10.3. The first kappa shape index (κ1) is 14.1. The molecule has 0 aliphatic heterocycles. The van der Waals surface area contributed by atoms with Gasteiger partial charge in [0.1, 0.15) is 5.75 Å². The van der Waals surface area contributed by atoms with E-state index in [1.807, 2.05) is 0 Å². The Morgan fingerprint density at radius 1 is 0.941 bits per heavy atom. The summed E-state index contributed by atoms with van der Waals surface area (Å²) in [4.78, 5) is 0. The highest BCUT2D eigenvalue weighted by molar-refractivity contribution is 5.47. The fraction of sp³-hybridized carbons (Fsp3) is 0.625. The number of benzene rings is 1. The van der Waals surface area contributed by atoms with Gasteiger partial charge < -0.3 is 5.11 Å². The van der Waals surface area contributed by atoms with E-state index in [1.165, 1.54) is 5.56 Å². The Morgan fingerprint density at radius 2 is 1.35 bits per heavy atom. The van der Waals surface area contributed by atoms with Crippen LogP contribution in [0.1, 0.15) is 82.4 Å². The molecular weight excluding hydrogens is 208 g/mol. The van der Waals surface area contributed by atoms with Gasteiger partial charge in [-0.3, -0.25) is 0 Å². The van der Waals surface area contributed by atoms with Crippen LogP contribution in [0.5, 0.6) is 5.75 Å². The highest BCUT2D eigenvalue weighted by Crippen LogP contribution is 2.37. The van der Waals surface area contributed by atoms with Crippen LogP contribution in [-0.4, -0.2) is 5.11 Å². The molecule has 0 aliphatic carbocycles. The first-order valence-electron chi connectivity index (χ1n) is 6.75. The molecule has 1 atom stereocenters. The summed E-state index contributed by atoms with van der Waals surface area (Å²) in [6.45, 7) is 13.0. The first-order chi connectivity index (χ1) is 7.88. The third kappa shape index (κ3) is 3.02. The van der Waals surface area contributed by atoms with Crippen molar-refractivity contribution in [3.05, 3.63) is 28.8 Å². The van der Waals surface area contributed by atoms with Gasteiger partial charge in [0.15, 0.2) is 0 Å². The van der Waals surface area contributed by atoms with Gasteiger partial charge in [-0.15, -0.1) is 0 Å². The van der Waals surface area contributed by atoms with E-state index >= 15 is 0 Å². The summed E-state index contributed by atoms with van der Waals surface area (Å²) in [6.07, 6.45) is 1.14. The molecule has 17 heavy (non-hydrogen) atoms. The molecule has 1 nitrogen and oxygen atoms in total. The van der Waals surface area contributed by atoms with Crippen LogP contribution in [0.4, 0.5) is 0 Å². The summed E-state index contributed by atoms with van der Waals surface area (Å²) < 4.78 is 0. The topological polar surface area (TPSA) is 20.2 Å². The molecule has 1 N–H and O–H groups in total. The molecule has 1 heteroatoms. The molecule has 0 saturated carbocycles. The van der Waals surface area contributed by atoms with E-state index < -0.39 is 0 Å². The van der Waals surface area contributed by atoms with E-state index in [2.05, 4.69) is 53.7 Å². The first-order valence-corrected chi connectivity index (χ1v) is 6.75. The van der Waals surface area contributed by atoms with Crippen molar-refractivity contribution in [1.82, 2.24) is 0 Å². The Kier molecular flexibility index (Phi) is 4.62. The molecular formula is C16H26O. The van der Waals surface area contributed by atoms with E-state index in [4.69, 9.17) is 0 Å². The Hall–Kier alpha value is -0.980. The lowest BCUT2D eigenvalue weighted by Crippen LogP contribution is -2.01. The SMILES string of the molecule is CCC(C)c1cc(C(C)C)c(O)c(C(C)C)c1. The van der Waals surface area contributed by atoms with E-state index in [-0.39, 0.29) is 0 Å². The monoisotopic (exact) mass is 234 g/mol. The Morgan fingerprint density at radius 3 is 1.65 bits per heavy atom. The fourth-order valence-corrected chi connectivity index (χ4v) is 2.10. The number of aromatic hydroxyl groups is 1. The van der Waals surface area contributed by atoms with Gasteiger partial charge in [0, 0.05) is 0 Å². The minimum Gasteiger partial charge on any atom is -0.507 e. The predicted octanol–water partition coefficient (Wildman–Crippen LogP) is 5.15. The zero-order valence-corrected chi connectivity index (χ0v) is 12.0. The summed E-state index contributed by atoms with van der Waals surface area (Å²) in [5.74, 6) is 1.81. The molecule has 1 aromatic rings. The second-order valence-electron chi connectivity index (χ2n) is 5.67. The molecule has 0 aliphatic rings. The quantitative estimate of drug-likeness (QED) is 0.763. The van der Waals surface area contributed by atoms with Gasteiger partial charge in [-0.05, 0) is 40.9 Å². The standard InChI is InChI=1S/C16H26O/c1-7-12(6)13-8-14(10(2)3)16(17)15(9-13)11(4)5/h8-12,17H,7H2,1-6H3. The van der Waals surface area contributed by atoms with E-state index in [9.17, 15) is 5.11 Å². The second kappa shape index (κ2) is 5.57. The highest BCUT2D eigenvalue weighted by Gasteiger charge is 2.16. The number of phenolic OH excluding ortho intramolecular Hbond substituents is 1. The average Bonchev–Trinajstić information content (AvgIpc) is 2.27. The lowest BCUT2D eigenvalue weighted by molar-refractivity contribution is 0.453. The Bertz CT molecular complexity index is 348. The number of hydrogen-bond donors (Lipinski definition) is 1. The summed E-state index contributed by atoms with van der Waals surface area (Å²) in [5, 5.41) is 10.3. The summed E-state index contributed by atoms with van der Waals surface area (Å²) in [6, 6.07) is 4.36. The third-order valence-electron chi connectivity index (χ3n) is 3.62. The van der Waals surface area contributed by atoms with Gasteiger partial charge in [0.2, 0.25) is 0 Å². The molecule has 0 aromatic heterocycles. The Labute approximate surface area is 106 Å². The van der Waals surface area contributed by atoms with Crippen LogP contribution in [-0.2, 0) is 0 Å². The van der Waals surface area contributed by atoms with E-state index in [1.54, 1.807) is 0 Å². The third-order valence-corrected chi connectivity index (χ3v) is 3.62. The fourth-order valence-electron chi connectivity index (χ4n) is 2.10. The van der Waals surface area contributed by atoms with Crippen LogP contribution in [0.25, 0.3) is 0 Å². The van der Waals surface area contributed by atoms with Crippen molar-refractivity contribution in [1.29, 1.82) is 0 Å². The molecule has 0 amide bonds. The molecule has 0 heterocycles. The molecule has 1 unspecified atom stereocenters. The van der Waals surface area contributed by atoms with Crippen LogP contribution in [0.3, 0.4) is 0 Å². The number of rotatable bonds is 4. The molecule has 0 saturated heterocycles. The lowest BCUT2D eigenvalue weighted by atomic mass is 9.87. The molecule has 1 aromatic carbocycles. The van der Waals surface area contributed by atoms with Gasteiger partial charge in [-0.2, -0.15) is 0 Å². The van der Waals surface area contributed by atoms with Crippen molar-refractivity contribution < 1.29 is 5.11 Å². The minimum absolute atomic E-state index is 0.372. The largest absolute Gasteiger partial charge is 0.507 e. The normalized spacial score (nSPS) is 13.4. The maximum atomic E-state index is 10.3. The van der Waals surface area contributed by atoms with Crippen LogP contribution in [0, 0.1) is 0 Å². The lowest BCUT2D eigenvalue weighted by Gasteiger charge is -2.19. The predicted molar refractivity (Wildman–Crippen MR) is 75.0 cm³/mol.